The van der Waals surface area contributed by atoms with Crippen LogP contribution in [-0.2, 0) is 9.53 Å². The van der Waals surface area contributed by atoms with E-state index in [-0.39, 0.29) is 5.91 Å². The van der Waals surface area contributed by atoms with E-state index in [1.807, 2.05) is 4.90 Å². The van der Waals surface area contributed by atoms with Gasteiger partial charge in [0.1, 0.15) is 0 Å². The summed E-state index contributed by atoms with van der Waals surface area (Å²) < 4.78 is 5.26. The minimum Gasteiger partial charge on any atom is -0.384 e. The lowest BCUT2D eigenvalue weighted by atomic mass is 9.86. The first-order valence-electron chi connectivity index (χ1n) is 10.3. The van der Waals surface area contributed by atoms with Crippen LogP contribution in [0.15, 0.2) is 0 Å². The first kappa shape index (κ1) is 19.1. The third-order valence-electron chi connectivity index (χ3n) is 6.50. The first-order chi connectivity index (χ1) is 12.1. The number of hydrogen-bond acceptors (Lipinski definition) is 4. The largest absolute Gasteiger partial charge is 0.384 e. The zero-order valence-corrected chi connectivity index (χ0v) is 15.9. The normalized spacial score (nSPS) is 30.8. The van der Waals surface area contributed by atoms with E-state index in [1.54, 1.807) is 7.11 Å². The van der Waals surface area contributed by atoms with Crippen molar-refractivity contribution in [2.75, 3.05) is 46.4 Å². The maximum atomic E-state index is 13.0. The Morgan fingerprint density at radius 2 is 1.76 bits per heavy atom. The van der Waals surface area contributed by atoms with Crippen LogP contribution in [0.2, 0.25) is 0 Å². The molecule has 0 bridgehead atoms. The van der Waals surface area contributed by atoms with Gasteiger partial charge in [-0.1, -0.05) is 19.3 Å². The summed E-state index contributed by atoms with van der Waals surface area (Å²) in [6.45, 7) is 4.95. The van der Waals surface area contributed by atoms with Crippen molar-refractivity contribution in [1.82, 2.24) is 9.80 Å². The van der Waals surface area contributed by atoms with Gasteiger partial charge in [0.05, 0.1) is 0 Å². The second kappa shape index (κ2) is 8.83. The van der Waals surface area contributed by atoms with Gasteiger partial charge in [0.2, 0.25) is 0 Å². The molecule has 0 aromatic carbocycles. The Bertz CT molecular complexity index is 431. The Hall–Kier alpha value is -0.650. The van der Waals surface area contributed by atoms with E-state index in [0.29, 0.717) is 24.8 Å². The zero-order chi connectivity index (χ0) is 17.7. The van der Waals surface area contributed by atoms with Crippen LogP contribution in [0.5, 0.6) is 0 Å². The summed E-state index contributed by atoms with van der Waals surface area (Å²) in [5.74, 6) is 1.26. The quantitative estimate of drug-likeness (QED) is 0.797. The summed E-state index contributed by atoms with van der Waals surface area (Å²) >= 11 is 0. The lowest BCUT2D eigenvalue weighted by Crippen LogP contribution is -2.60. The number of piperidine rings is 2. The van der Waals surface area contributed by atoms with Gasteiger partial charge in [-0.2, -0.15) is 0 Å². The van der Waals surface area contributed by atoms with Gasteiger partial charge in [-0.15, -0.1) is 0 Å². The number of aliphatic hydroxyl groups is 1. The molecule has 3 fully saturated rings. The molecule has 1 amide bonds. The Morgan fingerprint density at radius 3 is 2.44 bits per heavy atom. The SMILES string of the molecule is COCC1CCN(C[C@]2(O)CCCN(CC3CCCCC3)C2=O)CC1. The highest BCUT2D eigenvalue weighted by atomic mass is 16.5. The molecule has 5 nitrogen and oxygen atoms in total. The van der Waals surface area contributed by atoms with Crippen LogP contribution in [0, 0.1) is 11.8 Å². The van der Waals surface area contributed by atoms with Gasteiger partial charge in [-0.05, 0) is 63.5 Å². The Kier molecular flexibility index (Phi) is 6.75. The van der Waals surface area contributed by atoms with Crippen molar-refractivity contribution in [2.24, 2.45) is 11.8 Å². The van der Waals surface area contributed by atoms with Crippen LogP contribution >= 0.6 is 0 Å². The molecule has 3 aliphatic rings. The van der Waals surface area contributed by atoms with Crippen LogP contribution in [0.4, 0.5) is 0 Å². The highest BCUT2D eigenvalue weighted by Crippen LogP contribution is 2.30. The number of nitrogens with zero attached hydrogens (tertiary/aromatic N) is 2. The van der Waals surface area contributed by atoms with Crippen molar-refractivity contribution >= 4 is 5.91 Å². The molecule has 0 aromatic heterocycles. The van der Waals surface area contributed by atoms with Crippen molar-refractivity contribution in [3.63, 3.8) is 0 Å². The van der Waals surface area contributed by atoms with Gasteiger partial charge in [-0.25, -0.2) is 0 Å². The summed E-state index contributed by atoms with van der Waals surface area (Å²) in [5.41, 5.74) is -1.17. The third-order valence-corrected chi connectivity index (χ3v) is 6.50. The average molecular weight is 353 g/mol. The van der Waals surface area contributed by atoms with Gasteiger partial charge >= 0.3 is 0 Å². The first-order valence-corrected chi connectivity index (χ1v) is 10.3. The molecule has 2 heterocycles. The molecule has 0 radical (unpaired) electrons. The van der Waals surface area contributed by atoms with E-state index >= 15 is 0 Å². The molecular formula is C20H36N2O3. The molecule has 5 heteroatoms. The van der Waals surface area contributed by atoms with Gasteiger partial charge in [0.25, 0.3) is 5.91 Å². The number of hydrogen-bond donors (Lipinski definition) is 1. The van der Waals surface area contributed by atoms with E-state index in [0.717, 1.165) is 52.0 Å². The molecule has 0 spiro atoms. The van der Waals surface area contributed by atoms with Crippen molar-refractivity contribution in [2.45, 2.75) is 63.4 Å². The second-order valence-electron chi connectivity index (χ2n) is 8.57. The lowest BCUT2D eigenvalue weighted by molar-refractivity contribution is -0.161. The van der Waals surface area contributed by atoms with Crippen LogP contribution in [0.1, 0.15) is 57.8 Å². The summed E-state index contributed by atoms with van der Waals surface area (Å²) in [7, 11) is 1.76. The average Bonchev–Trinajstić information content (AvgIpc) is 2.62. The topological polar surface area (TPSA) is 53.0 Å². The van der Waals surface area contributed by atoms with Crippen molar-refractivity contribution in [1.29, 1.82) is 0 Å². The number of carbonyl (C=O) groups excluding carboxylic acids is 1. The van der Waals surface area contributed by atoms with Gasteiger partial charge in [0, 0.05) is 33.4 Å². The predicted octanol–water partition coefficient (Wildman–Crippen LogP) is 2.28. The van der Waals surface area contributed by atoms with E-state index in [9.17, 15) is 9.90 Å². The van der Waals surface area contributed by atoms with Crippen molar-refractivity contribution in [3.8, 4) is 0 Å². The van der Waals surface area contributed by atoms with E-state index < -0.39 is 5.60 Å². The minimum absolute atomic E-state index is 0.0108. The molecule has 0 unspecified atom stereocenters. The number of amides is 1. The predicted molar refractivity (Wildman–Crippen MR) is 98.4 cm³/mol. The lowest BCUT2D eigenvalue weighted by Gasteiger charge is -2.43. The summed E-state index contributed by atoms with van der Waals surface area (Å²) in [6, 6.07) is 0. The Labute approximate surface area is 152 Å². The van der Waals surface area contributed by atoms with Gasteiger partial charge < -0.3 is 14.7 Å². The van der Waals surface area contributed by atoms with Crippen LogP contribution in [0.3, 0.4) is 0 Å². The molecule has 144 valence electrons. The Morgan fingerprint density at radius 1 is 1.04 bits per heavy atom. The smallest absolute Gasteiger partial charge is 0.255 e. The molecule has 2 aliphatic heterocycles. The summed E-state index contributed by atoms with van der Waals surface area (Å²) in [6.07, 6.45) is 10.2. The summed E-state index contributed by atoms with van der Waals surface area (Å²) in [4.78, 5) is 17.2. The second-order valence-corrected chi connectivity index (χ2v) is 8.57. The number of carbonyl (C=O) groups is 1. The zero-order valence-electron chi connectivity index (χ0n) is 15.9. The van der Waals surface area contributed by atoms with Crippen LogP contribution < -0.4 is 0 Å². The molecule has 3 rings (SSSR count). The fourth-order valence-corrected chi connectivity index (χ4v) is 4.98. The number of ether oxygens (including phenoxy) is 1. The number of rotatable bonds is 6. The standard InChI is InChI=1S/C20H36N2O3/c1-25-15-18-8-12-21(13-9-18)16-20(24)10-5-11-22(19(20)23)14-17-6-3-2-4-7-17/h17-18,24H,2-16H2,1H3/t20-/m1/s1. The highest BCUT2D eigenvalue weighted by Gasteiger charge is 2.44. The van der Waals surface area contributed by atoms with E-state index in [2.05, 4.69) is 4.90 Å². The fraction of sp³-hybridized carbons (Fsp3) is 0.950. The maximum absolute atomic E-state index is 13.0. The van der Waals surface area contributed by atoms with Crippen LogP contribution in [0.25, 0.3) is 0 Å². The summed E-state index contributed by atoms with van der Waals surface area (Å²) in [5, 5.41) is 11.1. The maximum Gasteiger partial charge on any atom is 0.255 e. The molecular weight excluding hydrogens is 316 g/mol. The number of methoxy groups -OCH3 is 1. The highest BCUT2D eigenvalue weighted by molar-refractivity contribution is 5.86. The van der Waals surface area contributed by atoms with Gasteiger partial charge in [-0.3, -0.25) is 9.69 Å². The minimum atomic E-state index is -1.17. The molecule has 1 atom stereocenters. The van der Waals surface area contributed by atoms with Crippen molar-refractivity contribution in [3.05, 3.63) is 0 Å². The van der Waals surface area contributed by atoms with Crippen LogP contribution in [-0.4, -0.2) is 72.9 Å². The van der Waals surface area contributed by atoms with Gasteiger partial charge in [0.15, 0.2) is 5.60 Å². The van der Waals surface area contributed by atoms with E-state index in [4.69, 9.17) is 4.74 Å². The molecule has 1 N–H and O–H groups in total. The molecule has 25 heavy (non-hydrogen) atoms. The molecule has 0 aromatic rings. The monoisotopic (exact) mass is 352 g/mol. The van der Waals surface area contributed by atoms with E-state index in [1.165, 1.54) is 32.1 Å². The van der Waals surface area contributed by atoms with Crippen molar-refractivity contribution < 1.29 is 14.6 Å². The number of likely N-dealkylation sites (tertiary alicyclic amines) is 2. The number of β-amino-alcohol motifs (C(OH)–C–C–N with tert-alkyl or cyclic N) is 1. The third kappa shape index (κ3) is 4.95. The fourth-order valence-electron chi connectivity index (χ4n) is 4.98. The Balaban J connectivity index is 1.52. The molecule has 1 saturated carbocycles. The molecule has 2 saturated heterocycles. The molecule has 1 aliphatic carbocycles.